The van der Waals surface area contributed by atoms with E-state index in [1.54, 1.807) is 11.3 Å². The predicted octanol–water partition coefficient (Wildman–Crippen LogP) is 3.03. The fourth-order valence-electron chi connectivity index (χ4n) is 2.52. The topological polar surface area (TPSA) is 53.4 Å². The molecular weight excluding hydrogens is 272 g/mol. The van der Waals surface area contributed by atoms with Crippen LogP contribution in [0.2, 0.25) is 0 Å². The van der Waals surface area contributed by atoms with Crippen molar-refractivity contribution in [2.45, 2.75) is 46.1 Å². The second-order valence-electron chi connectivity index (χ2n) is 6.05. The van der Waals surface area contributed by atoms with Crippen molar-refractivity contribution < 1.29 is 9.90 Å². The molecule has 1 saturated heterocycles. The summed E-state index contributed by atoms with van der Waals surface area (Å²) >= 11 is 1.75. The van der Waals surface area contributed by atoms with Crippen molar-refractivity contribution in [1.29, 1.82) is 0 Å². The summed E-state index contributed by atoms with van der Waals surface area (Å²) in [7, 11) is 0. The van der Waals surface area contributed by atoms with Crippen LogP contribution < -0.4 is 0 Å². The van der Waals surface area contributed by atoms with Gasteiger partial charge in [0.2, 0.25) is 0 Å². The van der Waals surface area contributed by atoms with E-state index in [9.17, 15) is 4.79 Å². The molecule has 112 valence electrons. The first kappa shape index (κ1) is 15.4. The van der Waals surface area contributed by atoms with E-state index in [0.717, 1.165) is 50.5 Å². The van der Waals surface area contributed by atoms with E-state index in [1.165, 1.54) is 11.4 Å². The van der Waals surface area contributed by atoms with Crippen molar-refractivity contribution in [1.82, 2.24) is 9.88 Å². The molecule has 0 aliphatic carbocycles. The first-order chi connectivity index (χ1) is 9.54. The maximum Gasteiger partial charge on any atom is 0.306 e. The standard InChI is InChI=1S/C15H24N2O2S/c1-11(2)3-4-14-16-13(10-20-14)9-17-7-5-12(6-8-17)15(18)19/h10-12H,3-9H2,1-2H3,(H,18,19). The average Bonchev–Trinajstić information content (AvgIpc) is 2.84. The zero-order valence-corrected chi connectivity index (χ0v) is 13.2. The van der Waals surface area contributed by atoms with E-state index in [-0.39, 0.29) is 5.92 Å². The van der Waals surface area contributed by atoms with Crippen LogP contribution in [0.25, 0.3) is 0 Å². The van der Waals surface area contributed by atoms with Gasteiger partial charge in [-0.2, -0.15) is 0 Å². The van der Waals surface area contributed by atoms with Crippen LogP contribution in [-0.2, 0) is 17.8 Å². The summed E-state index contributed by atoms with van der Waals surface area (Å²) in [5, 5.41) is 12.4. The number of rotatable bonds is 6. The maximum absolute atomic E-state index is 10.9. The lowest BCUT2D eigenvalue weighted by atomic mass is 9.97. The highest BCUT2D eigenvalue weighted by Gasteiger charge is 2.24. The number of carbonyl (C=O) groups is 1. The third-order valence-corrected chi connectivity index (χ3v) is 4.81. The minimum absolute atomic E-state index is 0.150. The maximum atomic E-state index is 10.9. The number of aryl methyl sites for hydroxylation is 1. The van der Waals surface area contributed by atoms with Crippen LogP contribution in [-0.4, -0.2) is 34.0 Å². The summed E-state index contributed by atoms with van der Waals surface area (Å²) in [5.41, 5.74) is 1.14. The molecule has 1 fully saturated rings. The number of piperidine rings is 1. The van der Waals surface area contributed by atoms with Gasteiger partial charge in [-0.25, -0.2) is 4.98 Å². The molecule has 0 aromatic carbocycles. The Morgan fingerprint density at radius 2 is 2.20 bits per heavy atom. The number of carboxylic acid groups (broad SMARTS) is 1. The molecule has 0 atom stereocenters. The number of thiazole rings is 1. The van der Waals surface area contributed by atoms with Gasteiger partial charge in [0.15, 0.2) is 0 Å². The summed E-state index contributed by atoms with van der Waals surface area (Å²) in [5.74, 6) is -0.0741. The number of hydrogen-bond acceptors (Lipinski definition) is 4. The van der Waals surface area contributed by atoms with Gasteiger partial charge in [0.25, 0.3) is 0 Å². The number of aromatic nitrogens is 1. The molecule has 0 radical (unpaired) electrons. The van der Waals surface area contributed by atoms with Gasteiger partial charge in [0.1, 0.15) is 0 Å². The third kappa shape index (κ3) is 4.56. The van der Waals surface area contributed by atoms with Crippen LogP contribution in [0.5, 0.6) is 0 Å². The van der Waals surface area contributed by atoms with E-state index in [4.69, 9.17) is 10.1 Å². The second kappa shape index (κ2) is 7.18. The molecule has 5 heteroatoms. The number of hydrogen-bond donors (Lipinski definition) is 1. The van der Waals surface area contributed by atoms with Gasteiger partial charge in [-0.15, -0.1) is 11.3 Å². The Hall–Kier alpha value is -0.940. The second-order valence-corrected chi connectivity index (χ2v) is 7.00. The van der Waals surface area contributed by atoms with Crippen molar-refractivity contribution in [3.8, 4) is 0 Å². The molecule has 0 unspecified atom stereocenters. The Morgan fingerprint density at radius 1 is 1.50 bits per heavy atom. The first-order valence-corrected chi connectivity index (χ1v) is 8.31. The van der Waals surface area contributed by atoms with Crippen molar-refractivity contribution >= 4 is 17.3 Å². The normalized spacial score (nSPS) is 17.8. The molecule has 0 spiro atoms. The van der Waals surface area contributed by atoms with Crippen molar-refractivity contribution in [3.05, 3.63) is 16.1 Å². The van der Waals surface area contributed by atoms with Gasteiger partial charge in [-0.1, -0.05) is 13.8 Å². The Kier molecular flexibility index (Phi) is 5.54. The van der Waals surface area contributed by atoms with Gasteiger partial charge in [-0.05, 0) is 44.7 Å². The van der Waals surface area contributed by atoms with E-state index in [2.05, 4.69) is 24.1 Å². The Balaban J connectivity index is 1.78. The zero-order valence-electron chi connectivity index (χ0n) is 12.3. The lowest BCUT2D eigenvalue weighted by molar-refractivity contribution is -0.143. The highest BCUT2D eigenvalue weighted by Crippen LogP contribution is 2.20. The van der Waals surface area contributed by atoms with Gasteiger partial charge in [0, 0.05) is 11.9 Å². The van der Waals surface area contributed by atoms with E-state index >= 15 is 0 Å². The summed E-state index contributed by atoms with van der Waals surface area (Å²) < 4.78 is 0. The van der Waals surface area contributed by atoms with Crippen LogP contribution >= 0.6 is 11.3 Å². The van der Waals surface area contributed by atoms with Crippen molar-refractivity contribution in [2.24, 2.45) is 11.8 Å². The van der Waals surface area contributed by atoms with E-state index < -0.39 is 5.97 Å². The van der Waals surface area contributed by atoms with E-state index in [1.807, 2.05) is 0 Å². The first-order valence-electron chi connectivity index (χ1n) is 7.43. The van der Waals surface area contributed by atoms with Crippen LogP contribution in [0, 0.1) is 11.8 Å². The molecule has 0 amide bonds. The molecule has 1 aliphatic rings. The molecular formula is C15H24N2O2S. The summed E-state index contributed by atoms with van der Waals surface area (Å²) in [6.45, 7) is 7.08. The SMILES string of the molecule is CC(C)CCc1nc(CN2CCC(C(=O)O)CC2)cs1. The van der Waals surface area contributed by atoms with Gasteiger partial charge in [-0.3, -0.25) is 9.69 Å². The van der Waals surface area contributed by atoms with Crippen LogP contribution in [0.3, 0.4) is 0 Å². The van der Waals surface area contributed by atoms with Crippen molar-refractivity contribution in [3.63, 3.8) is 0 Å². The molecule has 20 heavy (non-hydrogen) atoms. The number of carboxylic acids is 1. The number of likely N-dealkylation sites (tertiary alicyclic amines) is 1. The highest BCUT2D eigenvalue weighted by molar-refractivity contribution is 7.09. The molecule has 1 aromatic rings. The minimum Gasteiger partial charge on any atom is -0.481 e. The van der Waals surface area contributed by atoms with Gasteiger partial charge >= 0.3 is 5.97 Å². The Labute approximate surface area is 124 Å². The summed E-state index contributed by atoms with van der Waals surface area (Å²) in [6, 6.07) is 0. The molecule has 1 aromatic heterocycles. The zero-order chi connectivity index (χ0) is 14.5. The molecule has 0 bridgehead atoms. The third-order valence-electron chi connectivity index (χ3n) is 3.86. The molecule has 2 rings (SSSR count). The smallest absolute Gasteiger partial charge is 0.306 e. The summed E-state index contributed by atoms with van der Waals surface area (Å²) in [6.07, 6.45) is 3.79. The van der Waals surface area contributed by atoms with Crippen molar-refractivity contribution in [2.75, 3.05) is 13.1 Å². The van der Waals surface area contributed by atoms with Crippen LogP contribution in [0.4, 0.5) is 0 Å². The molecule has 0 saturated carbocycles. The molecule has 1 aliphatic heterocycles. The molecule has 2 heterocycles. The monoisotopic (exact) mass is 296 g/mol. The largest absolute Gasteiger partial charge is 0.481 e. The fourth-order valence-corrected chi connectivity index (χ4v) is 3.32. The highest BCUT2D eigenvalue weighted by atomic mass is 32.1. The lowest BCUT2D eigenvalue weighted by Gasteiger charge is -2.29. The van der Waals surface area contributed by atoms with Crippen LogP contribution in [0.1, 0.15) is 43.8 Å². The molecule has 4 nitrogen and oxygen atoms in total. The predicted molar refractivity (Wildman–Crippen MR) is 80.9 cm³/mol. The quantitative estimate of drug-likeness (QED) is 0.876. The number of aliphatic carboxylic acids is 1. The Morgan fingerprint density at radius 3 is 2.80 bits per heavy atom. The Bertz CT molecular complexity index is 437. The number of nitrogens with zero attached hydrogens (tertiary/aromatic N) is 2. The van der Waals surface area contributed by atoms with E-state index in [0.29, 0.717) is 0 Å². The lowest BCUT2D eigenvalue weighted by Crippen LogP contribution is -2.35. The van der Waals surface area contributed by atoms with Gasteiger partial charge < -0.3 is 5.11 Å². The average molecular weight is 296 g/mol. The van der Waals surface area contributed by atoms with Crippen LogP contribution in [0.15, 0.2) is 5.38 Å². The minimum atomic E-state index is -0.644. The molecule has 1 N–H and O–H groups in total. The van der Waals surface area contributed by atoms with Gasteiger partial charge in [0.05, 0.1) is 16.6 Å². The fraction of sp³-hybridized carbons (Fsp3) is 0.733. The summed E-state index contributed by atoms with van der Waals surface area (Å²) in [4.78, 5) is 17.9.